The summed E-state index contributed by atoms with van der Waals surface area (Å²) in [5, 5.41) is 8.72. The van der Waals surface area contributed by atoms with Gasteiger partial charge in [-0.25, -0.2) is 4.98 Å². The minimum Gasteiger partial charge on any atom is -0.495 e. The van der Waals surface area contributed by atoms with Gasteiger partial charge in [0.05, 0.1) is 25.6 Å². The van der Waals surface area contributed by atoms with E-state index in [4.69, 9.17) is 21.1 Å². The molecule has 0 saturated carbocycles. The molecule has 140 valence electrons. The number of aryl methyl sites for hydroxylation is 1. The standard InChI is InChI=1S/C19H18ClN3O3S/c1-11-4-6-16(25-2)13(8-11)22-19-23-15(10-27-19)18(24)21-14-9-12(20)5-7-17(14)26-3/h4-10H,1-3H3,(H,21,24)(H,22,23). The molecule has 6 nitrogen and oxygen atoms in total. The highest BCUT2D eigenvalue weighted by Gasteiger charge is 2.15. The number of halogens is 1. The fourth-order valence-electron chi connectivity index (χ4n) is 2.43. The Morgan fingerprint density at radius 2 is 1.78 bits per heavy atom. The molecule has 0 bridgehead atoms. The zero-order chi connectivity index (χ0) is 19.4. The molecule has 3 aromatic rings. The molecule has 0 atom stereocenters. The molecule has 0 saturated heterocycles. The lowest BCUT2D eigenvalue weighted by atomic mass is 10.2. The highest BCUT2D eigenvalue weighted by Crippen LogP contribution is 2.31. The van der Waals surface area contributed by atoms with Crippen LogP contribution in [0.3, 0.4) is 0 Å². The van der Waals surface area contributed by atoms with E-state index in [0.29, 0.717) is 27.3 Å². The second-order valence-corrected chi connectivity index (χ2v) is 6.96. The fourth-order valence-corrected chi connectivity index (χ4v) is 3.31. The van der Waals surface area contributed by atoms with Crippen molar-refractivity contribution in [3.63, 3.8) is 0 Å². The van der Waals surface area contributed by atoms with E-state index in [9.17, 15) is 4.79 Å². The number of nitrogens with one attached hydrogen (secondary N) is 2. The van der Waals surface area contributed by atoms with Crippen LogP contribution in [0.4, 0.5) is 16.5 Å². The zero-order valence-electron chi connectivity index (χ0n) is 15.0. The average molecular weight is 404 g/mol. The number of aromatic nitrogens is 1. The van der Waals surface area contributed by atoms with Crippen molar-refractivity contribution in [3.05, 3.63) is 58.1 Å². The molecule has 1 amide bonds. The van der Waals surface area contributed by atoms with E-state index < -0.39 is 0 Å². The highest BCUT2D eigenvalue weighted by molar-refractivity contribution is 7.14. The molecule has 1 heterocycles. The van der Waals surface area contributed by atoms with Gasteiger partial charge in [-0.05, 0) is 42.8 Å². The first-order valence-corrected chi connectivity index (χ1v) is 9.28. The van der Waals surface area contributed by atoms with Gasteiger partial charge in [-0.2, -0.15) is 0 Å². The molecule has 0 radical (unpaired) electrons. The van der Waals surface area contributed by atoms with Gasteiger partial charge in [0.15, 0.2) is 5.13 Å². The number of nitrogens with zero attached hydrogens (tertiary/aromatic N) is 1. The molecular weight excluding hydrogens is 386 g/mol. The third-order valence-corrected chi connectivity index (χ3v) is 4.74. The maximum Gasteiger partial charge on any atom is 0.275 e. The fraction of sp³-hybridized carbons (Fsp3) is 0.158. The lowest BCUT2D eigenvalue weighted by Gasteiger charge is -2.10. The lowest BCUT2D eigenvalue weighted by Crippen LogP contribution is -2.13. The Bertz CT molecular complexity index is 975. The predicted molar refractivity (Wildman–Crippen MR) is 109 cm³/mol. The Kier molecular flexibility index (Phi) is 5.83. The van der Waals surface area contributed by atoms with Gasteiger partial charge >= 0.3 is 0 Å². The van der Waals surface area contributed by atoms with E-state index in [-0.39, 0.29) is 11.6 Å². The van der Waals surface area contributed by atoms with E-state index in [1.165, 1.54) is 18.4 Å². The molecule has 0 aliphatic rings. The van der Waals surface area contributed by atoms with Gasteiger partial charge in [0.1, 0.15) is 17.2 Å². The van der Waals surface area contributed by atoms with Gasteiger partial charge < -0.3 is 20.1 Å². The number of ether oxygens (including phenoxy) is 2. The third-order valence-electron chi connectivity index (χ3n) is 3.74. The number of anilines is 3. The van der Waals surface area contributed by atoms with Gasteiger partial charge in [0, 0.05) is 10.4 Å². The van der Waals surface area contributed by atoms with Gasteiger partial charge in [0.25, 0.3) is 5.91 Å². The van der Waals surface area contributed by atoms with Crippen LogP contribution >= 0.6 is 22.9 Å². The molecular formula is C19H18ClN3O3S. The number of carbonyl (C=O) groups excluding carboxylic acids is 1. The second kappa shape index (κ2) is 8.28. The van der Waals surface area contributed by atoms with E-state index in [1.54, 1.807) is 30.7 Å². The number of amides is 1. The smallest absolute Gasteiger partial charge is 0.275 e. The highest BCUT2D eigenvalue weighted by atomic mass is 35.5. The van der Waals surface area contributed by atoms with Crippen molar-refractivity contribution in [1.29, 1.82) is 0 Å². The van der Waals surface area contributed by atoms with Crippen LogP contribution in [-0.4, -0.2) is 25.1 Å². The van der Waals surface area contributed by atoms with Crippen molar-refractivity contribution >= 4 is 45.4 Å². The van der Waals surface area contributed by atoms with Gasteiger partial charge in [-0.15, -0.1) is 11.3 Å². The summed E-state index contributed by atoms with van der Waals surface area (Å²) >= 11 is 7.32. The van der Waals surface area contributed by atoms with Crippen LogP contribution in [0.25, 0.3) is 0 Å². The number of rotatable bonds is 6. The van der Waals surface area contributed by atoms with Crippen molar-refractivity contribution < 1.29 is 14.3 Å². The summed E-state index contributed by atoms with van der Waals surface area (Å²) in [5.74, 6) is 0.868. The first kappa shape index (κ1) is 19.0. The number of benzene rings is 2. The zero-order valence-corrected chi connectivity index (χ0v) is 16.6. The molecule has 0 unspecified atom stereocenters. The Labute approximate surface area is 166 Å². The van der Waals surface area contributed by atoms with Gasteiger partial charge in [-0.3, -0.25) is 4.79 Å². The number of carbonyl (C=O) groups is 1. The number of hydrogen-bond acceptors (Lipinski definition) is 6. The third kappa shape index (κ3) is 4.50. The topological polar surface area (TPSA) is 72.5 Å². The quantitative estimate of drug-likeness (QED) is 0.597. The first-order chi connectivity index (χ1) is 13.0. The largest absolute Gasteiger partial charge is 0.495 e. The molecule has 8 heteroatoms. The summed E-state index contributed by atoms with van der Waals surface area (Å²) in [6.07, 6.45) is 0. The Morgan fingerprint density at radius 1 is 1.07 bits per heavy atom. The Hall–Kier alpha value is -2.77. The Balaban J connectivity index is 1.77. The van der Waals surface area contributed by atoms with Crippen molar-refractivity contribution in [2.24, 2.45) is 0 Å². The summed E-state index contributed by atoms with van der Waals surface area (Å²) in [4.78, 5) is 16.9. The van der Waals surface area contributed by atoms with Crippen LogP contribution < -0.4 is 20.1 Å². The predicted octanol–water partition coefficient (Wildman–Crippen LogP) is 5.12. The Morgan fingerprint density at radius 3 is 2.52 bits per heavy atom. The minimum absolute atomic E-state index is 0.288. The molecule has 0 spiro atoms. The number of hydrogen-bond donors (Lipinski definition) is 2. The van der Waals surface area contributed by atoms with Gasteiger partial charge in [0.2, 0.25) is 0 Å². The van der Waals surface area contributed by atoms with Crippen molar-refractivity contribution in [2.45, 2.75) is 6.92 Å². The molecule has 0 aliphatic heterocycles. The summed E-state index contributed by atoms with van der Waals surface area (Å²) in [5.41, 5.74) is 2.64. The van der Waals surface area contributed by atoms with E-state index in [1.807, 2.05) is 25.1 Å². The molecule has 1 aromatic heterocycles. The van der Waals surface area contributed by atoms with Crippen molar-refractivity contribution in [2.75, 3.05) is 24.9 Å². The van der Waals surface area contributed by atoms with Crippen LogP contribution in [0.2, 0.25) is 5.02 Å². The normalized spacial score (nSPS) is 10.4. The van der Waals surface area contributed by atoms with E-state index in [0.717, 1.165) is 11.3 Å². The average Bonchev–Trinajstić information content (AvgIpc) is 3.11. The number of methoxy groups -OCH3 is 2. The summed E-state index contributed by atoms with van der Waals surface area (Å²) in [6, 6.07) is 10.8. The van der Waals surface area contributed by atoms with Crippen LogP contribution in [0, 0.1) is 6.92 Å². The first-order valence-electron chi connectivity index (χ1n) is 8.02. The monoisotopic (exact) mass is 403 g/mol. The molecule has 0 aliphatic carbocycles. The van der Waals surface area contributed by atoms with Gasteiger partial charge in [-0.1, -0.05) is 17.7 Å². The number of thiazole rings is 1. The second-order valence-electron chi connectivity index (χ2n) is 5.67. The molecule has 27 heavy (non-hydrogen) atoms. The summed E-state index contributed by atoms with van der Waals surface area (Å²) in [7, 11) is 3.13. The van der Waals surface area contributed by atoms with E-state index in [2.05, 4.69) is 15.6 Å². The van der Waals surface area contributed by atoms with Crippen LogP contribution in [0.5, 0.6) is 11.5 Å². The maximum atomic E-state index is 12.5. The summed E-state index contributed by atoms with van der Waals surface area (Å²) < 4.78 is 10.6. The van der Waals surface area contributed by atoms with E-state index >= 15 is 0 Å². The maximum absolute atomic E-state index is 12.5. The molecule has 2 N–H and O–H groups in total. The van der Waals surface area contributed by atoms with Crippen LogP contribution in [0.1, 0.15) is 16.1 Å². The van der Waals surface area contributed by atoms with Crippen LogP contribution in [0.15, 0.2) is 41.8 Å². The molecule has 2 aromatic carbocycles. The summed E-state index contributed by atoms with van der Waals surface area (Å²) in [6.45, 7) is 1.99. The lowest BCUT2D eigenvalue weighted by molar-refractivity contribution is 0.102. The van der Waals surface area contributed by atoms with Crippen LogP contribution in [-0.2, 0) is 0 Å². The molecule has 3 rings (SSSR count). The SMILES string of the molecule is COc1ccc(Cl)cc1NC(=O)c1csc(Nc2cc(C)ccc2OC)n1. The van der Waals surface area contributed by atoms with Crippen molar-refractivity contribution in [3.8, 4) is 11.5 Å². The minimum atomic E-state index is -0.351. The van der Waals surface area contributed by atoms with Crippen molar-refractivity contribution in [1.82, 2.24) is 4.98 Å². The molecule has 0 fully saturated rings.